The van der Waals surface area contributed by atoms with E-state index in [1.54, 1.807) is 30.3 Å². The molecular weight excluding hydrogens is 581 g/mol. The Morgan fingerprint density at radius 1 is 1.00 bits per heavy atom. The summed E-state index contributed by atoms with van der Waals surface area (Å²) in [6, 6.07) is 15.0. The number of aromatic nitrogens is 1. The van der Waals surface area contributed by atoms with Gasteiger partial charge in [0.1, 0.15) is 17.0 Å². The molecule has 0 radical (unpaired) electrons. The van der Waals surface area contributed by atoms with Crippen LogP contribution in [0.2, 0.25) is 0 Å². The van der Waals surface area contributed by atoms with Crippen LogP contribution in [0.25, 0.3) is 0 Å². The smallest absolute Gasteiger partial charge is 0.271 e. The van der Waals surface area contributed by atoms with Crippen LogP contribution in [-0.4, -0.2) is 57.1 Å². The largest absolute Gasteiger partial charge is 0.491 e. The number of amides is 1. The lowest BCUT2D eigenvalue weighted by atomic mass is 9.74. The Labute approximate surface area is 253 Å². The van der Waals surface area contributed by atoms with Crippen molar-refractivity contribution in [3.8, 4) is 11.6 Å². The zero-order valence-electron chi connectivity index (χ0n) is 24.1. The SMILES string of the molecule is COc1ccc2c(n1)C(CCCN1CCCCC1)(c1ccccc1F)C(=O)N2S(=O)(=O)c1ccc(OC(C)C)cc1.Cl. The van der Waals surface area contributed by atoms with Crippen LogP contribution in [0, 0.1) is 5.82 Å². The molecule has 1 unspecified atom stereocenters. The number of anilines is 1. The zero-order valence-corrected chi connectivity index (χ0v) is 25.7. The number of methoxy groups -OCH3 is 1. The fourth-order valence-electron chi connectivity index (χ4n) is 5.88. The molecular formula is C31H37ClFN3O5S. The van der Waals surface area contributed by atoms with E-state index in [4.69, 9.17) is 9.47 Å². The van der Waals surface area contributed by atoms with E-state index in [2.05, 4.69) is 9.88 Å². The highest BCUT2D eigenvalue weighted by molar-refractivity contribution is 7.93. The summed E-state index contributed by atoms with van der Waals surface area (Å²) in [5.74, 6) is -0.622. The summed E-state index contributed by atoms with van der Waals surface area (Å²) in [5.41, 5.74) is -1.28. The maximum absolute atomic E-state index is 15.6. The quantitative estimate of drug-likeness (QED) is 0.287. The standard InChI is InChI=1S/C31H36FN3O5S.ClH/c1-22(2)40-23-12-14-24(15-13-23)41(37,38)35-27-16-17-28(39-3)33-29(27)31(30(35)36,25-10-5-6-11-26(25)32)18-9-21-34-19-7-4-8-20-34;/h5-6,10-17,22H,4,7-9,18-21H2,1-3H3;1H. The fourth-order valence-corrected chi connectivity index (χ4v) is 7.35. The first-order chi connectivity index (χ1) is 19.7. The third kappa shape index (κ3) is 5.85. The van der Waals surface area contributed by atoms with Crippen molar-refractivity contribution in [2.45, 2.75) is 62.4 Å². The van der Waals surface area contributed by atoms with Crippen LogP contribution < -0.4 is 13.8 Å². The van der Waals surface area contributed by atoms with E-state index in [0.717, 1.165) is 30.2 Å². The number of carbonyl (C=O) groups excluding carboxylic acids is 1. The lowest BCUT2D eigenvalue weighted by molar-refractivity contribution is -0.121. The Bertz CT molecular complexity index is 1510. The summed E-state index contributed by atoms with van der Waals surface area (Å²) < 4.78 is 55.7. The number of likely N-dealkylation sites (tertiary alicyclic amines) is 1. The molecule has 2 aliphatic heterocycles. The minimum absolute atomic E-state index is 0. The van der Waals surface area contributed by atoms with E-state index < -0.39 is 27.2 Å². The summed E-state index contributed by atoms with van der Waals surface area (Å²) in [6.45, 7) is 6.41. The summed E-state index contributed by atoms with van der Waals surface area (Å²) >= 11 is 0. The molecule has 3 aromatic rings. The van der Waals surface area contributed by atoms with Crippen molar-refractivity contribution in [2.75, 3.05) is 31.0 Å². The van der Waals surface area contributed by atoms with Gasteiger partial charge in [0.15, 0.2) is 0 Å². The second kappa shape index (κ2) is 13.0. The predicted molar refractivity (Wildman–Crippen MR) is 162 cm³/mol. The summed E-state index contributed by atoms with van der Waals surface area (Å²) in [6.07, 6.45) is 4.08. The second-order valence-corrected chi connectivity index (χ2v) is 12.6. The average molecular weight is 618 g/mol. The number of ether oxygens (including phenoxy) is 2. The van der Waals surface area contributed by atoms with Gasteiger partial charge in [0.2, 0.25) is 5.88 Å². The van der Waals surface area contributed by atoms with Crippen molar-refractivity contribution in [3.05, 3.63) is 77.7 Å². The van der Waals surface area contributed by atoms with E-state index in [1.165, 1.54) is 43.9 Å². The molecule has 0 saturated carbocycles. The monoisotopic (exact) mass is 617 g/mol. The molecule has 0 bridgehead atoms. The summed E-state index contributed by atoms with van der Waals surface area (Å²) in [7, 11) is -2.94. The number of benzene rings is 2. The van der Waals surface area contributed by atoms with Crippen molar-refractivity contribution in [3.63, 3.8) is 0 Å². The van der Waals surface area contributed by atoms with Gasteiger partial charge in [-0.25, -0.2) is 17.8 Å². The molecule has 0 spiro atoms. The van der Waals surface area contributed by atoms with Crippen molar-refractivity contribution in [2.24, 2.45) is 0 Å². The molecule has 8 nitrogen and oxygen atoms in total. The average Bonchev–Trinajstić information content (AvgIpc) is 3.21. The number of halogens is 2. The number of hydrogen-bond acceptors (Lipinski definition) is 7. The molecule has 1 atom stereocenters. The Kier molecular flexibility index (Phi) is 9.80. The van der Waals surface area contributed by atoms with Gasteiger partial charge in [-0.3, -0.25) is 4.79 Å². The third-order valence-corrected chi connectivity index (χ3v) is 9.48. The lowest BCUT2D eigenvalue weighted by Crippen LogP contribution is -2.45. The van der Waals surface area contributed by atoms with Gasteiger partial charge in [-0.05, 0) is 95.6 Å². The maximum Gasteiger partial charge on any atom is 0.271 e. The van der Waals surface area contributed by atoms with E-state index in [9.17, 15) is 13.2 Å². The van der Waals surface area contributed by atoms with E-state index in [1.807, 2.05) is 13.8 Å². The lowest BCUT2D eigenvalue weighted by Gasteiger charge is -2.31. The Morgan fingerprint density at radius 3 is 2.33 bits per heavy atom. The first-order valence-corrected chi connectivity index (χ1v) is 15.5. The molecule has 3 heterocycles. The molecule has 1 saturated heterocycles. The van der Waals surface area contributed by atoms with Gasteiger partial charge in [-0.2, -0.15) is 4.31 Å². The van der Waals surface area contributed by atoms with Crippen molar-refractivity contribution in [1.29, 1.82) is 0 Å². The summed E-state index contributed by atoms with van der Waals surface area (Å²) in [5, 5.41) is 0. The van der Waals surface area contributed by atoms with Gasteiger partial charge >= 0.3 is 0 Å². The molecule has 2 aliphatic rings. The molecule has 1 fully saturated rings. The van der Waals surface area contributed by atoms with E-state index in [0.29, 0.717) is 18.7 Å². The zero-order chi connectivity index (χ0) is 29.2. The minimum atomic E-state index is -4.39. The van der Waals surface area contributed by atoms with Gasteiger partial charge < -0.3 is 14.4 Å². The van der Waals surface area contributed by atoms with E-state index >= 15 is 4.39 Å². The number of nitrogens with zero attached hydrogens (tertiary/aromatic N) is 3. The summed E-state index contributed by atoms with van der Waals surface area (Å²) in [4.78, 5) is 21.5. The number of carbonyl (C=O) groups is 1. The molecule has 0 aliphatic carbocycles. The maximum atomic E-state index is 15.6. The number of fused-ring (bicyclic) bond motifs is 1. The highest BCUT2D eigenvalue weighted by Crippen LogP contribution is 2.51. The predicted octanol–water partition coefficient (Wildman–Crippen LogP) is 5.73. The van der Waals surface area contributed by atoms with Gasteiger partial charge in [-0.1, -0.05) is 24.6 Å². The van der Waals surface area contributed by atoms with Crippen molar-refractivity contribution >= 4 is 34.0 Å². The Morgan fingerprint density at radius 2 is 1.69 bits per heavy atom. The number of sulfonamides is 1. The van der Waals surface area contributed by atoms with Crippen LogP contribution in [0.5, 0.6) is 11.6 Å². The van der Waals surface area contributed by atoms with Crippen LogP contribution in [0.1, 0.15) is 57.2 Å². The molecule has 5 rings (SSSR count). The fraction of sp³-hybridized carbons (Fsp3) is 0.419. The molecule has 0 N–H and O–H groups in total. The van der Waals surface area contributed by atoms with Gasteiger partial charge in [0.25, 0.3) is 15.9 Å². The van der Waals surface area contributed by atoms with E-state index in [-0.39, 0.29) is 52.7 Å². The molecule has 11 heteroatoms. The second-order valence-electron chi connectivity index (χ2n) is 10.8. The Hall–Kier alpha value is -3.21. The normalized spacial score (nSPS) is 19.0. The first-order valence-electron chi connectivity index (χ1n) is 14.1. The highest BCUT2D eigenvalue weighted by atomic mass is 35.5. The molecule has 2 aromatic carbocycles. The number of hydrogen-bond donors (Lipinski definition) is 0. The van der Waals surface area contributed by atoms with Gasteiger partial charge in [0.05, 0.1) is 29.5 Å². The van der Waals surface area contributed by atoms with Crippen molar-refractivity contribution in [1.82, 2.24) is 9.88 Å². The topological polar surface area (TPSA) is 89.0 Å². The third-order valence-electron chi connectivity index (χ3n) is 7.77. The first kappa shape index (κ1) is 31.7. The Balaban J connectivity index is 0.00000405. The number of piperidine rings is 1. The highest BCUT2D eigenvalue weighted by Gasteiger charge is 2.58. The van der Waals surface area contributed by atoms with Gasteiger partial charge in [-0.15, -0.1) is 12.4 Å². The minimum Gasteiger partial charge on any atom is -0.491 e. The molecule has 42 heavy (non-hydrogen) atoms. The van der Waals surface area contributed by atoms with Gasteiger partial charge in [0, 0.05) is 11.6 Å². The van der Waals surface area contributed by atoms with Crippen molar-refractivity contribution < 1.29 is 27.1 Å². The van der Waals surface area contributed by atoms with Crippen LogP contribution in [0.15, 0.2) is 65.6 Å². The number of pyridine rings is 1. The molecule has 226 valence electrons. The van der Waals surface area contributed by atoms with Crippen LogP contribution in [0.3, 0.4) is 0 Å². The molecule has 1 amide bonds. The number of rotatable bonds is 10. The molecule has 1 aromatic heterocycles. The van der Waals surface area contributed by atoms with Crippen LogP contribution >= 0.6 is 12.4 Å². The van der Waals surface area contributed by atoms with Crippen LogP contribution in [0.4, 0.5) is 10.1 Å². The van der Waals surface area contributed by atoms with Crippen LogP contribution in [-0.2, 0) is 20.2 Å².